The molecule has 0 unspecified atom stereocenters. The second-order valence-corrected chi connectivity index (χ2v) is 7.45. The van der Waals surface area contributed by atoms with E-state index in [-0.39, 0.29) is 29.6 Å². The van der Waals surface area contributed by atoms with Crippen LogP contribution in [-0.2, 0) is 9.53 Å². The predicted octanol–water partition coefficient (Wildman–Crippen LogP) is 1.98. The minimum Gasteiger partial charge on any atom is -0.493 e. The van der Waals surface area contributed by atoms with Gasteiger partial charge >= 0.3 is 0 Å². The van der Waals surface area contributed by atoms with E-state index >= 15 is 0 Å². The van der Waals surface area contributed by atoms with Gasteiger partial charge in [0.1, 0.15) is 11.6 Å². The number of ether oxygens (including phenoxy) is 2. The first-order valence-corrected chi connectivity index (χ1v) is 9.11. The van der Waals surface area contributed by atoms with E-state index in [9.17, 15) is 9.18 Å². The Bertz CT molecular complexity index is 648. The van der Waals surface area contributed by atoms with Crippen molar-refractivity contribution in [2.45, 2.75) is 18.9 Å². The Morgan fingerprint density at radius 2 is 2.16 bits per heavy atom. The highest BCUT2D eigenvalue weighted by atomic mass is 19.1. The van der Waals surface area contributed by atoms with E-state index in [0.717, 1.165) is 37.4 Å². The van der Waals surface area contributed by atoms with Gasteiger partial charge in [0.2, 0.25) is 5.91 Å². The smallest absolute Gasteiger partial charge is 0.224 e. The number of halogens is 1. The lowest BCUT2D eigenvalue weighted by Crippen LogP contribution is -2.40. The van der Waals surface area contributed by atoms with Crippen LogP contribution in [0, 0.1) is 23.6 Å². The van der Waals surface area contributed by atoms with Crippen LogP contribution in [0.3, 0.4) is 0 Å². The molecule has 1 aromatic carbocycles. The molecule has 4 rings (SSSR count). The van der Waals surface area contributed by atoms with Crippen LogP contribution in [0.15, 0.2) is 18.2 Å². The summed E-state index contributed by atoms with van der Waals surface area (Å²) in [5.74, 6) is 1.01. The van der Waals surface area contributed by atoms with Crippen LogP contribution in [0.5, 0.6) is 5.75 Å². The van der Waals surface area contributed by atoms with E-state index in [1.807, 2.05) is 7.05 Å². The summed E-state index contributed by atoms with van der Waals surface area (Å²) >= 11 is 0. The third-order valence-electron chi connectivity index (χ3n) is 5.85. The zero-order valence-electron chi connectivity index (χ0n) is 14.5. The minimum absolute atomic E-state index is 0.0401. The van der Waals surface area contributed by atoms with Crippen molar-refractivity contribution in [3.8, 4) is 5.75 Å². The molecule has 0 bridgehead atoms. The minimum atomic E-state index is -0.260. The summed E-state index contributed by atoms with van der Waals surface area (Å²) in [4.78, 5) is 14.9. The normalized spacial score (nSPS) is 29.6. The summed E-state index contributed by atoms with van der Waals surface area (Å²) in [6, 6.07) is 4.70. The maximum Gasteiger partial charge on any atom is 0.224 e. The number of carbonyl (C=O) groups is 1. The molecule has 6 heteroatoms. The molecule has 5 nitrogen and oxygen atoms in total. The van der Waals surface area contributed by atoms with E-state index in [4.69, 9.17) is 9.47 Å². The summed E-state index contributed by atoms with van der Waals surface area (Å²) < 4.78 is 24.9. The molecule has 0 saturated carbocycles. The standard InChI is InChI=1S/C19H25FN2O3/c1-22-10-15(19(23)21-9-12-4-6-24-7-5-12)16-11-25-17-3-2-13(20)8-14(17)18(16)22/h2-3,8,12,15-16,18H,4-7,9-11H2,1H3,(H,21,23)/t15-,16+,18+/m1/s1. The van der Waals surface area contributed by atoms with Crippen molar-refractivity contribution in [2.24, 2.45) is 17.8 Å². The lowest BCUT2D eigenvalue weighted by atomic mass is 9.84. The summed E-state index contributed by atoms with van der Waals surface area (Å²) in [7, 11) is 2.00. The van der Waals surface area contributed by atoms with E-state index < -0.39 is 0 Å². The Balaban J connectivity index is 1.45. The zero-order valence-corrected chi connectivity index (χ0v) is 14.5. The van der Waals surface area contributed by atoms with Crippen molar-refractivity contribution in [1.82, 2.24) is 10.2 Å². The van der Waals surface area contributed by atoms with Gasteiger partial charge in [-0.15, -0.1) is 0 Å². The molecule has 0 radical (unpaired) electrons. The fourth-order valence-corrected chi connectivity index (χ4v) is 4.45. The van der Waals surface area contributed by atoms with Gasteiger partial charge in [-0.05, 0) is 44.0 Å². The second kappa shape index (κ2) is 6.92. The molecule has 1 N–H and O–H groups in total. The molecular formula is C19H25FN2O3. The quantitative estimate of drug-likeness (QED) is 0.908. The first-order valence-electron chi connectivity index (χ1n) is 9.11. The third-order valence-corrected chi connectivity index (χ3v) is 5.85. The maximum absolute atomic E-state index is 13.7. The summed E-state index contributed by atoms with van der Waals surface area (Å²) in [5, 5.41) is 3.13. The van der Waals surface area contributed by atoms with Gasteiger partial charge in [-0.2, -0.15) is 0 Å². The average Bonchev–Trinajstić information content (AvgIpc) is 2.98. The topological polar surface area (TPSA) is 50.8 Å². The Kier molecular flexibility index (Phi) is 4.65. The monoisotopic (exact) mass is 348 g/mol. The number of nitrogens with zero attached hydrogens (tertiary/aromatic N) is 1. The van der Waals surface area contributed by atoms with Crippen molar-refractivity contribution >= 4 is 5.91 Å². The number of hydrogen-bond acceptors (Lipinski definition) is 4. The van der Waals surface area contributed by atoms with E-state index in [0.29, 0.717) is 25.6 Å². The summed E-state index contributed by atoms with van der Waals surface area (Å²) in [5.41, 5.74) is 0.860. The molecule has 1 aromatic rings. The van der Waals surface area contributed by atoms with Crippen molar-refractivity contribution in [3.63, 3.8) is 0 Å². The molecule has 3 aliphatic rings. The van der Waals surface area contributed by atoms with Gasteiger partial charge in [-0.1, -0.05) is 0 Å². The number of carbonyl (C=O) groups excluding carboxylic acids is 1. The first-order chi connectivity index (χ1) is 12.1. The molecule has 2 saturated heterocycles. The third kappa shape index (κ3) is 3.25. The van der Waals surface area contributed by atoms with Crippen molar-refractivity contribution in [1.29, 1.82) is 0 Å². The van der Waals surface area contributed by atoms with Gasteiger partial charge in [-0.25, -0.2) is 4.39 Å². The van der Waals surface area contributed by atoms with Gasteiger partial charge in [0.05, 0.1) is 12.5 Å². The van der Waals surface area contributed by atoms with Crippen LogP contribution in [0.25, 0.3) is 0 Å². The molecule has 3 heterocycles. The van der Waals surface area contributed by atoms with Crippen LogP contribution in [0.2, 0.25) is 0 Å². The number of fused-ring (bicyclic) bond motifs is 3. The molecule has 3 aliphatic heterocycles. The second-order valence-electron chi connectivity index (χ2n) is 7.45. The van der Waals surface area contributed by atoms with Crippen LogP contribution >= 0.6 is 0 Å². The van der Waals surface area contributed by atoms with Crippen molar-refractivity contribution in [2.75, 3.05) is 40.0 Å². The Labute approximate surface area is 147 Å². The number of benzene rings is 1. The largest absolute Gasteiger partial charge is 0.493 e. The Morgan fingerprint density at radius 3 is 2.96 bits per heavy atom. The highest BCUT2D eigenvalue weighted by Crippen LogP contribution is 2.46. The number of hydrogen-bond donors (Lipinski definition) is 1. The summed E-state index contributed by atoms with van der Waals surface area (Å²) in [6.07, 6.45) is 2.01. The highest BCUT2D eigenvalue weighted by molar-refractivity contribution is 5.80. The molecule has 1 amide bonds. The number of rotatable bonds is 3. The molecule has 0 aromatic heterocycles. The number of amides is 1. The fourth-order valence-electron chi connectivity index (χ4n) is 4.45. The molecule has 25 heavy (non-hydrogen) atoms. The fraction of sp³-hybridized carbons (Fsp3) is 0.632. The molecular weight excluding hydrogens is 323 g/mol. The first kappa shape index (κ1) is 16.8. The molecule has 0 spiro atoms. The van der Waals surface area contributed by atoms with Gasteiger partial charge < -0.3 is 14.8 Å². The Hall–Kier alpha value is -1.66. The SMILES string of the molecule is CN1C[C@@H](C(=O)NCC2CCOCC2)[C@@H]2COc3ccc(F)cc3[C@@H]21. The van der Waals surface area contributed by atoms with Gasteiger partial charge in [0, 0.05) is 43.8 Å². The zero-order chi connectivity index (χ0) is 17.4. The van der Waals surface area contributed by atoms with Crippen molar-refractivity contribution in [3.05, 3.63) is 29.6 Å². The van der Waals surface area contributed by atoms with Crippen LogP contribution in [-0.4, -0.2) is 50.8 Å². The molecule has 0 aliphatic carbocycles. The average molecular weight is 348 g/mol. The predicted molar refractivity (Wildman–Crippen MR) is 90.8 cm³/mol. The number of nitrogens with one attached hydrogen (secondary N) is 1. The van der Waals surface area contributed by atoms with Gasteiger partial charge in [0.15, 0.2) is 0 Å². The highest BCUT2D eigenvalue weighted by Gasteiger charge is 2.47. The lowest BCUT2D eigenvalue weighted by molar-refractivity contribution is -0.126. The van der Waals surface area contributed by atoms with Crippen LogP contribution in [0.4, 0.5) is 4.39 Å². The Morgan fingerprint density at radius 1 is 1.36 bits per heavy atom. The van der Waals surface area contributed by atoms with Crippen molar-refractivity contribution < 1.29 is 18.7 Å². The lowest BCUT2D eigenvalue weighted by Gasteiger charge is -2.33. The van der Waals surface area contributed by atoms with Gasteiger partial charge in [-0.3, -0.25) is 9.69 Å². The van der Waals surface area contributed by atoms with E-state index in [1.165, 1.54) is 6.07 Å². The number of likely N-dealkylation sites (tertiary alicyclic amines) is 1. The molecule has 136 valence electrons. The maximum atomic E-state index is 13.7. The molecule has 3 atom stereocenters. The summed E-state index contributed by atoms with van der Waals surface area (Å²) in [6.45, 7) is 3.46. The van der Waals surface area contributed by atoms with Crippen LogP contribution in [0.1, 0.15) is 24.4 Å². The molecule has 2 fully saturated rings. The van der Waals surface area contributed by atoms with Crippen LogP contribution < -0.4 is 10.1 Å². The van der Waals surface area contributed by atoms with E-state index in [2.05, 4.69) is 10.2 Å². The van der Waals surface area contributed by atoms with Gasteiger partial charge in [0.25, 0.3) is 0 Å². The van der Waals surface area contributed by atoms with E-state index in [1.54, 1.807) is 12.1 Å².